The molecule has 1 fully saturated rings. The van der Waals surface area contributed by atoms with E-state index in [0.717, 1.165) is 0 Å². The molecule has 0 bridgehead atoms. The third kappa shape index (κ3) is 4.58. The maximum Gasteiger partial charge on any atom is 0.410 e. The minimum absolute atomic E-state index is 0.0247. The summed E-state index contributed by atoms with van der Waals surface area (Å²) in [7, 11) is 1.24. The van der Waals surface area contributed by atoms with Crippen LogP contribution in [0.25, 0.3) is 0 Å². The highest BCUT2D eigenvalue weighted by molar-refractivity contribution is 5.81. The van der Waals surface area contributed by atoms with Crippen molar-refractivity contribution in [2.24, 2.45) is 0 Å². The van der Waals surface area contributed by atoms with Crippen molar-refractivity contribution in [3.8, 4) is 0 Å². The van der Waals surface area contributed by atoms with Crippen LogP contribution in [0.15, 0.2) is 0 Å². The summed E-state index contributed by atoms with van der Waals surface area (Å²) < 4.78 is 24.7. The zero-order chi connectivity index (χ0) is 16.0. The molecule has 1 heterocycles. The predicted octanol–water partition coefficient (Wildman–Crippen LogP) is 3.07. The summed E-state index contributed by atoms with van der Waals surface area (Å²) in [6.07, 6.45) is 1.16. The highest BCUT2D eigenvalue weighted by Gasteiger charge is 2.45. The number of likely N-dealkylation sites (tertiary alicyclic amines) is 1. The number of rotatable bonds is 5. The maximum absolute atomic E-state index is 14.7. The Morgan fingerprint density at radius 3 is 2.62 bits per heavy atom. The first kappa shape index (κ1) is 17.7. The molecule has 0 aromatic carbocycles. The van der Waals surface area contributed by atoms with Crippen LogP contribution < -0.4 is 0 Å². The fourth-order valence-corrected chi connectivity index (χ4v) is 2.60. The van der Waals surface area contributed by atoms with Crippen LogP contribution in [-0.2, 0) is 14.3 Å². The first-order chi connectivity index (χ1) is 9.86. The molecule has 3 unspecified atom stereocenters. The van der Waals surface area contributed by atoms with Crippen LogP contribution >= 0.6 is 0 Å². The van der Waals surface area contributed by atoms with Gasteiger partial charge in [-0.25, -0.2) is 14.0 Å². The number of piperidine rings is 1. The molecule has 1 saturated heterocycles. The zero-order valence-corrected chi connectivity index (χ0v) is 13.4. The van der Waals surface area contributed by atoms with Gasteiger partial charge in [-0.1, -0.05) is 20.3 Å². The standard InChI is InChI=1S/C15H26FNO4/c1-5-7-15(16)8-9-17(12(10-15)13(18)20-4)14(19)21-11(3)6-2/h11-12H,5-10H2,1-4H3. The number of nitrogens with zero attached hydrogens (tertiary/aromatic N) is 1. The summed E-state index contributed by atoms with van der Waals surface area (Å²) in [5, 5.41) is 0. The molecular weight excluding hydrogens is 277 g/mol. The lowest BCUT2D eigenvalue weighted by Crippen LogP contribution is -2.55. The Morgan fingerprint density at radius 2 is 2.10 bits per heavy atom. The second kappa shape index (κ2) is 7.61. The van der Waals surface area contributed by atoms with Crippen molar-refractivity contribution in [3.05, 3.63) is 0 Å². The number of alkyl halides is 1. The molecule has 1 aliphatic rings. The molecule has 0 aromatic heterocycles. The van der Waals surface area contributed by atoms with E-state index in [4.69, 9.17) is 9.47 Å². The van der Waals surface area contributed by atoms with Crippen molar-refractivity contribution in [1.29, 1.82) is 0 Å². The maximum atomic E-state index is 14.7. The van der Waals surface area contributed by atoms with Crippen molar-refractivity contribution in [2.45, 2.75) is 70.7 Å². The largest absolute Gasteiger partial charge is 0.467 e. The Labute approximate surface area is 125 Å². The van der Waals surface area contributed by atoms with E-state index in [2.05, 4.69) is 0 Å². The van der Waals surface area contributed by atoms with Gasteiger partial charge in [0.1, 0.15) is 17.8 Å². The van der Waals surface area contributed by atoms with E-state index in [0.29, 0.717) is 19.3 Å². The molecule has 1 aliphatic heterocycles. The molecule has 0 spiro atoms. The van der Waals surface area contributed by atoms with E-state index in [1.54, 1.807) is 6.92 Å². The van der Waals surface area contributed by atoms with Crippen LogP contribution in [0.2, 0.25) is 0 Å². The topological polar surface area (TPSA) is 55.8 Å². The van der Waals surface area contributed by atoms with Crippen LogP contribution in [0.3, 0.4) is 0 Å². The summed E-state index contributed by atoms with van der Waals surface area (Å²) in [4.78, 5) is 25.3. The molecule has 0 saturated carbocycles. The van der Waals surface area contributed by atoms with E-state index < -0.39 is 23.8 Å². The monoisotopic (exact) mass is 303 g/mol. The summed E-state index contributed by atoms with van der Waals surface area (Å²) in [6.45, 7) is 5.76. The highest BCUT2D eigenvalue weighted by atomic mass is 19.1. The van der Waals surface area contributed by atoms with Gasteiger partial charge in [-0.15, -0.1) is 0 Å². The van der Waals surface area contributed by atoms with Crippen LogP contribution in [-0.4, -0.2) is 48.4 Å². The van der Waals surface area contributed by atoms with Gasteiger partial charge in [0.05, 0.1) is 7.11 Å². The molecule has 21 heavy (non-hydrogen) atoms. The molecule has 6 heteroatoms. The molecular formula is C15H26FNO4. The summed E-state index contributed by atoms with van der Waals surface area (Å²) in [6, 6.07) is -0.906. The smallest absolute Gasteiger partial charge is 0.410 e. The van der Waals surface area contributed by atoms with Gasteiger partial charge >= 0.3 is 12.1 Å². The van der Waals surface area contributed by atoms with E-state index in [1.165, 1.54) is 12.0 Å². The van der Waals surface area contributed by atoms with Crippen LogP contribution in [0.5, 0.6) is 0 Å². The molecule has 1 rings (SSSR count). The number of ether oxygens (including phenoxy) is 2. The molecule has 0 aromatic rings. The van der Waals surface area contributed by atoms with Crippen LogP contribution in [0.4, 0.5) is 9.18 Å². The van der Waals surface area contributed by atoms with Gasteiger partial charge in [0, 0.05) is 13.0 Å². The lowest BCUT2D eigenvalue weighted by Gasteiger charge is -2.40. The Kier molecular flexibility index (Phi) is 6.42. The van der Waals surface area contributed by atoms with Gasteiger partial charge in [0.2, 0.25) is 0 Å². The average molecular weight is 303 g/mol. The number of carbonyl (C=O) groups excluding carboxylic acids is 2. The third-order valence-electron chi connectivity index (χ3n) is 4.02. The fourth-order valence-electron chi connectivity index (χ4n) is 2.60. The Balaban J connectivity index is 2.83. The highest BCUT2D eigenvalue weighted by Crippen LogP contribution is 2.35. The number of hydrogen-bond acceptors (Lipinski definition) is 4. The lowest BCUT2D eigenvalue weighted by molar-refractivity contribution is -0.150. The molecule has 5 nitrogen and oxygen atoms in total. The van der Waals surface area contributed by atoms with Gasteiger partial charge in [0.15, 0.2) is 0 Å². The van der Waals surface area contributed by atoms with Gasteiger partial charge in [-0.3, -0.25) is 4.90 Å². The van der Waals surface area contributed by atoms with Gasteiger partial charge in [-0.05, 0) is 26.2 Å². The number of hydrogen-bond donors (Lipinski definition) is 0. The van der Waals surface area contributed by atoms with Gasteiger partial charge in [-0.2, -0.15) is 0 Å². The Bertz CT molecular complexity index is 377. The quantitative estimate of drug-likeness (QED) is 0.732. The summed E-state index contributed by atoms with van der Waals surface area (Å²) >= 11 is 0. The fraction of sp³-hybridized carbons (Fsp3) is 0.867. The number of amides is 1. The predicted molar refractivity (Wildman–Crippen MR) is 76.7 cm³/mol. The normalized spacial score (nSPS) is 27.1. The number of methoxy groups -OCH3 is 1. The number of halogens is 1. The minimum atomic E-state index is -1.42. The van der Waals surface area contributed by atoms with E-state index in [1.807, 2.05) is 13.8 Å². The number of carbonyl (C=O) groups is 2. The number of esters is 1. The molecule has 1 amide bonds. The molecule has 0 radical (unpaired) electrons. The Morgan fingerprint density at radius 1 is 1.43 bits per heavy atom. The van der Waals surface area contributed by atoms with E-state index in [9.17, 15) is 14.0 Å². The summed E-state index contributed by atoms with van der Waals surface area (Å²) in [5.74, 6) is -0.589. The van der Waals surface area contributed by atoms with Crippen molar-refractivity contribution in [1.82, 2.24) is 4.90 Å². The third-order valence-corrected chi connectivity index (χ3v) is 4.02. The SMILES string of the molecule is CCCC1(F)CCN(C(=O)OC(C)CC)C(C(=O)OC)C1. The van der Waals surface area contributed by atoms with E-state index >= 15 is 0 Å². The zero-order valence-electron chi connectivity index (χ0n) is 13.4. The summed E-state index contributed by atoms with van der Waals surface area (Å²) in [5.41, 5.74) is -1.42. The van der Waals surface area contributed by atoms with Crippen molar-refractivity contribution < 1.29 is 23.5 Å². The van der Waals surface area contributed by atoms with Crippen molar-refractivity contribution in [3.63, 3.8) is 0 Å². The van der Waals surface area contributed by atoms with Gasteiger partial charge < -0.3 is 9.47 Å². The first-order valence-electron chi connectivity index (χ1n) is 7.60. The molecule has 122 valence electrons. The molecule has 0 aliphatic carbocycles. The van der Waals surface area contributed by atoms with Crippen LogP contribution in [0.1, 0.15) is 52.9 Å². The van der Waals surface area contributed by atoms with E-state index in [-0.39, 0.29) is 25.5 Å². The first-order valence-corrected chi connectivity index (χ1v) is 7.60. The van der Waals surface area contributed by atoms with Gasteiger partial charge in [0.25, 0.3) is 0 Å². The second-order valence-electron chi connectivity index (χ2n) is 5.69. The second-order valence-corrected chi connectivity index (χ2v) is 5.69. The van der Waals surface area contributed by atoms with Crippen LogP contribution in [0, 0.1) is 0 Å². The van der Waals surface area contributed by atoms with Crippen molar-refractivity contribution in [2.75, 3.05) is 13.7 Å². The lowest BCUT2D eigenvalue weighted by atomic mass is 9.84. The van der Waals surface area contributed by atoms with Crippen molar-refractivity contribution >= 4 is 12.1 Å². The molecule has 3 atom stereocenters. The molecule has 0 N–H and O–H groups in total. The minimum Gasteiger partial charge on any atom is -0.467 e. The Hall–Kier alpha value is -1.33. The average Bonchev–Trinajstić information content (AvgIpc) is 2.45.